The number of benzene rings is 3. The zero-order valence-electron chi connectivity index (χ0n) is 45.9. The quantitative estimate of drug-likeness (QED) is 0.103. The largest absolute Gasteiger partial charge is 0.347 e. The third-order valence-electron chi connectivity index (χ3n) is 15.7. The van der Waals surface area contributed by atoms with Gasteiger partial charge in [0, 0.05) is 36.3 Å². The molecule has 2 saturated heterocycles. The summed E-state index contributed by atoms with van der Waals surface area (Å²) in [5.41, 5.74) is 3.44. The van der Waals surface area contributed by atoms with Crippen LogP contribution in [-0.2, 0) is 41.6 Å². The van der Waals surface area contributed by atoms with Gasteiger partial charge < -0.3 is 52.3 Å². The lowest BCUT2D eigenvalue weighted by molar-refractivity contribution is -0.144. The van der Waals surface area contributed by atoms with Crippen LogP contribution in [-0.4, -0.2) is 133 Å². The highest BCUT2D eigenvalue weighted by Crippen LogP contribution is 2.34. The first kappa shape index (κ1) is 57.1. The maximum absolute atomic E-state index is 14.6. The molecule has 410 valence electrons. The molecule has 4 aliphatic rings. The van der Waals surface area contributed by atoms with Crippen LogP contribution >= 0.6 is 0 Å². The molecule has 0 saturated carbocycles. The first-order valence-electron chi connectivity index (χ1n) is 27.0. The number of carbonyl (C=O) groups excluding carboxylic acids is 8. The lowest BCUT2D eigenvalue weighted by Crippen LogP contribution is -2.59. The topological polar surface area (TPSA) is 239 Å². The van der Waals surface area contributed by atoms with E-state index in [1.807, 2.05) is 77.9 Å². The van der Waals surface area contributed by atoms with Crippen molar-refractivity contribution in [3.05, 3.63) is 106 Å². The minimum atomic E-state index is -0.981. The molecular formula is C58H80N10O8. The predicted octanol–water partition coefficient (Wildman–Crippen LogP) is 3.75. The normalized spacial score (nSPS) is 22.9. The number of rotatable bonds is 16. The number of hydrogen-bond acceptors (Lipinski definition) is 10. The third kappa shape index (κ3) is 13.3. The Labute approximate surface area is 447 Å². The highest BCUT2D eigenvalue weighted by molar-refractivity contribution is 5.99. The number of likely N-dealkylation sites (N-methyl/N-ethyl adjacent to an activating group) is 2. The van der Waals surface area contributed by atoms with Crippen LogP contribution in [0.1, 0.15) is 149 Å². The Morgan fingerprint density at radius 1 is 0.513 bits per heavy atom. The molecule has 2 aliphatic heterocycles. The maximum atomic E-state index is 14.6. The van der Waals surface area contributed by atoms with Gasteiger partial charge >= 0.3 is 0 Å². The van der Waals surface area contributed by atoms with Crippen molar-refractivity contribution >= 4 is 47.3 Å². The molecule has 76 heavy (non-hydrogen) atoms. The molecule has 2 aliphatic carbocycles. The molecule has 10 atom stereocenters. The van der Waals surface area contributed by atoms with Gasteiger partial charge in [0.2, 0.25) is 35.4 Å². The molecule has 2 heterocycles. The van der Waals surface area contributed by atoms with Crippen molar-refractivity contribution in [1.82, 2.24) is 52.3 Å². The van der Waals surface area contributed by atoms with Gasteiger partial charge in [0.05, 0.1) is 24.2 Å². The molecule has 3 aromatic carbocycles. The SMILES string of the molecule is CN[C@@H](C)C(=O)N[C@H](C(=O)N1C[C@@H](NC(=O)c2ccc(C(=O)N[C@H]3C[C@@H](C(=O)N[C@@H]4CCCc5ccccc54)N(C(=O)[C@@H](NC(=O)[C@H](C)NC)C(C)(C)C)C3)cc2)CC1C(=O)N[C@@H]1CCCc2ccccc21)C(C)(C)C. The van der Waals surface area contributed by atoms with Crippen molar-refractivity contribution in [3.63, 3.8) is 0 Å². The molecule has 18 nitrogen and oxygen atoms in total. The van der Waals surface area contributed by atoms with E-state index < -0.39 is 82.8 Å². The van der Waals surface area contributed by atoms with E-state index in [0.717, 1.165) is 49.7 Å². The molecule has 8 N–H and O–H groups in total. The fraction of sp³-hybridized carbons (Fsp3) is 0.552. The van der Waals surface area contributed by atoms with Crippen molar-refractivity contribution in [2.45, 2.75) is 167 Å². The number of hydrogen-bond donors (Lipinski definition) is 8. The zero-order chi connectivity index (χ0) is 55.2. The lowest BCUT2D eigenvalue weighted by atomic mass is 9.85. The van der Waals surface area contributed by atoms with Crippen LogP contribution in [0.3, 0.4) is 0 Å². The maximum Gasteiger partial charge on any atom is 0.251 e. The second-order valence-electron chi connectivity index (χ2n) is 23.3. The Morgan fingerprint density at radius 3 is 1.21 bits per heavy atom. The summed E-state index contributed by atoms with van der Waals surface area (Å²) in [6.07, 6.45) is 5.33. The number of nitrogens with zero attached hydrogens (tertiary/aromatic N) is 2. The number of likely N-dealkylation sites (tertiary alicyclic amines) is 2. The van der Waals surface area contributed by atoms with Crippen molar-refractivity contribution in [3.8, 4) is 0 Å². The molecule has 18 heteroatoms. The lowest BCUT2D eigenvalue weighted by Gasteiger charge is -2.36. The Hall–Kier alpha value is -6.66. The van der Waals surface area contributed by atoms with E-state index in [1.165, 1.54) is 45.2 Å². The molecule has 0 bridgehead atoms. The van der Waals surface area contributed by atoms with Gasteiger partial charge in [0.25, 0.3) is 11.8 Å². The molecule has 3 aromatic rings. The monoisotopic (exact) mass is 1040 g/mol. The average molecular weight is 1050 g/mol. The summed E-state index contributed by atoms with van der Waals surface area (Å²) in [6, 6.07) is 15.3. The van der Waals surface area contributed by atoms with E-state index in [2.05, 4.69) is 54.7 Å². The first-order valence-corrected chi connectivity index (χ1v) is 27.0. The summed E-state index contributed by atoms with van der Waals surface area (Å²) in [5, 5.41) is 24.1. The fourth-order valence-electron chi connectivity index (χ4n) is 10.9. The van der Waals surface area contributed by atoms with Gasteiger partial charge in [-0.1, -0.05) is 90.1 Å². The van der Waals surface area contributed by atoms with Gasteiger partial charge in [-0.15, -0.1) is 0 Å². The number of nitrogens with one attached hydrogen (secondary N) is 8. The minimum Gasteiger partial charge on any atom is -0.347 e. The first-order chi connectivity index (χ1) is 36.0. The Kier molecular flexibility index (Phi) is 18.1. The second kappa shape index (κ2) is 24.1. The van der Waals surface area contributed by atoms with E-state index >= 15 is 0 Å². The summed E-state index contributed by atoms with van der Waals surface area (Å²) in [6.45, 7) is 14.5. The van der Waals surface area contributed by atoms with Gasteiger partial charge in [-0.2, -0.15) is 0 Å². The predicted molar refractivity (Wildman–Crippen MR) is 290 cm³/mol. The van der Waals surface area contributed by atoms with E-state index in [1.54, 1.807) is 27.9 Å². The van der Waals surface area contributed by atoms with E-state index in [9.17, 15) is 38.4 Å². The van der Waals surface area contributed by atoms with Crippen molar-refractivity contribution in [2.75, 3.05) is 27.2 Å². The van der Waals surface area contributed by atoms with Gasteiger partial charge in [0.1, 0.15) is 24.2 Å². The van der Waals surface area contributed by atoms with E-state index in [4.69, 9.17) is 0 Å². The van der Waals surface area contributed by atoms with Crippen LogP contribution in [0.5, 0.6) is 0 Å². The molecule has 0 aromatic heterocycles. The zero-order valence-corrected chi connectivity index (χ0v) is 45.9. The van der Waals surface area contributed by atoms with Crippen molar-refractivity contribution in [1.29, 1.82) is 0 Å². The smallest absolute Gasteiger partial charge is 0.251 e. The summed E-state index contributed by atoms with van der Waals surface area (Å²) in [5.74, 6) is -3.23. The van der Waals surface area contributed by atoms with Crippen LogP contribution < -0.4 is 42.5 Å². The van der Waals surface area contributed by atoms with Crippen LogP contribution in [0.2, 0.25) is 0 Å². The minimum absolute atomic E-state index is 0.0141. The number of aryl methyl sites for hydroxylation is 2. The van der Waals surface area contributed by atoms with Crippen molar-refractivity contribution < 1.29 is 38.4 Å². The standard InChI is InChI=1S/C58H80N10O8/c1-33(59-9)49(69)65-47(57(3,4)5)55(75)67-31-39(29-45(67)53(73)63-43-23-15-19-35-17-11-13-21-41(35)43)61-51(71)37-25-27-38(28-26-37)52(72)62-40-30-46(54(74)64-44-24-16-20-36-18-12-14-22-42(36)44)68(32-40)56(76)48(58(6,7)8)66-50(70)34(2)60-10/h11-14,17-18,21-22,25-28,33-34,39-40,43-48,59-60H,15-16,19-20,23-24,29-32H2,1-10H3,(H,61,71)(H,62,72)(H,63,73)(H,64,74)(H,65,69)(H,66,70)/t33-,34-,39-,40-,43+,44+,45-,46?,47+,48+/m0/s1. The number of amides is 8. The van der Waals surface area contributed by atoms with Crippen LogP contribution in [0, 0.1) is 10.8 Å². The molecular weight excluding hydrogens is 965 g/mol. The Bertz CT molecular complexity index is 2470. The van der Waals surface area contributed by atoms with E-state index in [-0.39, 0.29) is 72.8 Å². The van der Waals surface area contributed by atoms with Crippen LogP contribution in [0.25, 0.3) is 0 Å². The second-order valence-corrected chi connectivity index (χ2v) is 23.3. The molecule has 1 unspecified atom stereocenters. The Morgan fingerprint density at radius 2 is 0.868 bits per heavy atom. The van der Waals surface area contributed by atoms with Crippen LogP contribution in [0.4, 0.5) is 0 Å². The fourth-order valence-corrected chi connectivity index (χ4v) is 10.9. The molecule has 7 rings (SSSR count). The molecule has 0 radical (unpaired) electrons. The average Bonchev–Trinajstić information content (AvgIpc) is 4.03. The van der Waals surface area contributed by atoms with Gasteiger partial charge in [-0.25, -0.2) is 0 Å². The summed E-state index contributed by atoms with van der Waals surface area (Å²) in [4.78, 5) is 115. The van der Waals surface area contributed by atoms with Gasteiger partial charge in [0.15, 0.2) is 0 Å². The van der Waals surface area contributed by atoms with Crippen molar-refractivity contribution in [2.24, 2.45) is 10.8 Å². The highest BCUT2D eigenvalue weighted by atomic mass is 16.2. The Balaban J connectivity index is 1.06. The summed E-state index contributed by atoms with van der Waals surface area (Å²) >= 11 is 0. The summed E-state index contributed by atoms with van der Waals surface area (Å²) < 4.78 is 0. The molecule has 8 amide bonds. The number of fused-ring (bicyclic) bond motifs is 2. The van der Waals surface area contributed by atoms with E-state index in [0.29, 0.717) is 0 Å². The molecule has 0 spiro atoms. The highest BCUT2D eigenvalue weighted by Gasteiger charge is 2.48. The summed E-state index contributed by atoms with van der Waals surface area (Å²) in [7, 11) is 3.31. The molecule has 2 fully saturated rings. The van der Waals surface area contributed by atoms with Crippen LogP contribution in [0.15, 0.2) is 72.8 Å². The third-order valence-corrected chi connectivity index (χ3v) is 15.7. The van der Waals surface area contributed by atoms with Gasteiger partial charge in [-0.05, 0) is 137 Å². The van der Waals surface area contributed by atoms with Gasteiger partial charge in [-0.3, -0.25) is 38.4 Å². The number of carbonyl (C=O) groups is 8.